The summed E-state index contributed by atoms with van der Waals surface area (Å²) < 4.78 is 94.8. The summed E-state index contributed by atoms with van der Waals surface area (Å²) in [5.74, 6) is 1.02. The SMILES string of the molecule is BrBr.COc1cc2c3c(ccc4c5ccc6c7c(cc(OC)c(c1c34)c75)-c1ccccc1C6OS(=O)(=O)[O-])C(OS(=O)(=O)[O-])c1ccccc1-2.[K+].[Na+]. The Bertz CT molecular complexity index is 2610. The van der Waals surface area contributed by atoms with E-state index < -0.39 is 33.0 Å². The van der Waals surface area contributed by atoms with Crippen LogP contribution >= 0.6 is 28.3 Å². The normalized spacial score (nSPS) is 15.7. The molecule has 0 radical (unpaired) electrons. The van der Waals surface area contributed by atoms with Gasteiger partial charge in [-0.25, -0.2) is 16.8 Å². The van der Waals surface area contributed by atoms with Gasteiger partial charge in [-0.15, -0.1) is 0 Å². The molecule has 2 aliphatic rings. The van der Waals surface area contributed by atoms with Crippen molar-refractivity contribution in [3.05, 3.63) is 107 Å². The monoisotopic (exact) mass is 898 g/mol. The molecule has 0 aliphatic heterocycles. The van der Waals surface area contributed by atoms with Gasteiger partial charge in [-0.05, 0) is 78.2 Å². The summed E-state index contributed by atoms with van der Waals surface area (Å²) >= 11 is 5.50. The van der Waals surface area contributed by atoms with E-state index in [4.69, 9.17) is 17.8 Å². The molecular formula is C36H22Br2KNaO10S2. The van der Waals surface area contributed by atoms with Gasteiger partial charge in [-0.2, -0.15) is 0 Å². The number of halogens is 2. The van der Waals surface area contributed by atoms with Crippen LogP contribution in [0.25, 0.3) is 65.3 Å². The summed E-state index contributed by atoms with van der Waals surface area (Å²) in [5, 5.41) is 5.79. The van der Waals surface area contributed by atoms with Crippen molar-refractivity contribution >= 4 is 92.1 Å². The molecule has 52 heavy (non-hydrogen) atoms. The minimum Gasteiger partial charge on any atom is -0.725 e. The van der Waals surface area contributed by atoms with Gasteiger partial charge in [0.2, 0.25) is 20.8 Å². The number of rotatable bonds is 6. The third-order valence-corrected chi connectivity index (χ3v) is 10.5. The number of hydrogen-bond acceptors (Lipinski definition) is 10. The fourth-order valence-corrected chi connectivity index (χ4v) is 8.87. The molecule has 0 N–H and O–H groups in total. The smallest absolute Gasteiger partial charge is 0.725 e. The fourth-order valence-electron chi connectivity index (χ4n) is 7.98. The van der Waals surface area contributed by atoms with Gasteiger partial charge in [0.05, 0.1) is 14.2 Å². The zero-order valence-corrected chi connectivity index (χ0v) is 37.8. The van der Waals surface area contributed by atoms with Crippen LogP contribution in [0, 0.1) is 0 Å². The first-order valence-corrected chi connectivity index (χ1v) is 21.3. The molecule has 2 aliphatic carbocycles. The fraction of sp³-hybridized carbons (Fsp3) is 0.111. The van der Waals surface area contributed by atoms with Gasteiger partial charge in [-0.3, -0.25) is 8.37 Å². The molecular weight excluding hydrogens is 878 g/mol. The first kappa shape index (κ1) is 40.4. The molecule has 0 amide bonds. The molecule has 0 fully saturated rings. The maximum Gasteiger partial charge on any atom is 1.00 e. The Labute approximate surface area is 378 Å². The molecule has 9 rings (SSSR count). The van der Waals surface area contributed by atoms with Crippen molar-refractivity contribution in [3.63, 3.8) is 0 Å². The van der Waals surface area contributed by atoms with Crippen molar-refractivity contribution in [1.82, 2.24) is 0 Å². The Morgan fingerprint density at radius 1 is 0.519 bits per heavy atom. The molecule has 0 aromatic heterocycles. The maximum atomic E-state index is 12.0. The predicted molar refractivity (Wildman–Crippen MR) is 195 cm³/mol. The van der Waals surface area contributed by atoms with E-state index in [-0.39, 0.29) is 80.9 Å². The molecule has 0 saturated heterocycles. The van der Waals surface area contributed by atoms with Crippen LogP contribution in [0.4, 0.5) is 0 Å². The molecule has 254 valence electrons. The van der Waals surface area contributed by atoms with Crippen LogP contribution in [0.3, 0.4) is 0 Å². The quantitative estimate of drug-likeness (QED) is 0.0802. The van der Waals surface area contributed by atoms with Crippen LogP contribution in [0.5, 0.6) is 11.5 Å². The van der Waals surface area contributed by atoms with Gasteiger partial charge >= 0.3 is 80.9 Å². The van der Waals surface area contributed by atoms with E-state index in [1.54, 1.807) is 50.6 Å². The van der Waals surface area contributed by atoms with E-state index in [1.165, 1.54) is 0 Å². The topological polar surface area (TPSA) is 151 Å². The first-order chi connectivity index (χ1) is 24.0. The summed E-state index contributed by atoms with van der Waals surface area (Å²) in [5.41, 5.74) is 5.00. The van der Waals surface area contributed by atoms with Crippen LogP contribution in [0.2, 0.25) is 0 Å². The summed E-state index contributed by atoms with van der Waals surface area (Å²) in [6.07, 6.45) is -2.37. The van der Waals surface area contributed by atoms with E-state index in [9.17, 15) is 25.9 Å². The third-order valence-electron chi connectivity index (χ3n) is 9.60. The van der Waals surface area contributed by atoms with Crippen molar-refractivity contribution in [1.29, 1.82) is 0 Å². The second kappa shape index (κ2) is 15.0. The second-order valence-electron chi connectivity index (χ2n) is 11.9. The van der Waals surface area contributed by atoms with Gasteiger partial charge < -0.3 is 18.6 Å². The molecule has 2 atom stereocenters. The van der Waals surface area contributed by atoms with Crippen LogP contribution in [0.15, 0.2) is 84.9 Å². The average molecular weight is 901 g/mol. The van der Waals surface area contributed by atoms with E-state index >= 15 is 0 Å². The molecule has 7 aromatic carbocycles. The molecule has 0 heterocycles. The van der Waals surface area contributed by atoms with Crippen LogP contribution in [-0.4, -0.2) is 40.2 Å². The molecule has 16 heteroatoms. The first-order valence-electron chi connectivity index (χ1n) is 15.0. The zero-order chi connectivity index (χ0) is 35.3. The number of hydrogen-bond donors (Lipinski definition) is 0. The Morgan fingerprint density at radius 2 is 0.885 bits per heavy atom. The average Bonchev–Trinajstić information content (AvgIpc) is 3.11. The summed E-state index contributed by atoms with van der Waals surface area (Å²) in [6, 6.07) is 25.4. The minimum absolute atomic E-state index is 0. The largest absolute Gasteiger partial charge is 1.00 e. The number of fused-ring (bicyclic) bond motifs is 6. The minimum atomic E-state index is -5.10. The molecule has 7 aromatic rings. The Balaban J connectivity index is 0.00000114. The van der Waals surface area contributed by atoms with E-state index in [0.29, 0.717) is 66.4 Å². The number of methoxy groups -OCH3 is 2. The van der Waals surface area contributed by atoms with Crippen LogP contribution < -0.4 is 90.4 Å². The van der Waals surface area contributed by atoms with Crippen LogP contribution in [0.1, 0.15) is 34.5 Å². The second-order valence-corrected chi connectivity index (χ2v) is 13.9. The molecule has 0 spiro atoms. The Hall–Kier alpha value is -1.22. The van der Waals surface area contributed by atoms with Crippen molar-refractivity contribution < 1.29 is 125 Å². The van der Waals surface area contributed by atoms with Gasteiger partial charge in [0.15, 0.2) is 0 Å². The Morgan fingerprint density at radius 3 is 1.23 bits per heavy atom. The van der Waals surface area contributed by atoms with Crippen molar-refractivity contribution in [3.8, 4) is 33.8 Å². The maximum absolute atomic E-state index is 12.0. The predicted octanol–water partition coefficient (Wildman–Crippen LogP) is 2.55. The van der Waals surface area contributed by atoms with Crippen molar-refractivity contribution in [2.24, 2.45) is 0 Å². The number of benzene rings is 7. The summed E-state index contributed by atoms with van der Waals surface area (Å²) in [6.45, 7) is 0. The zero-order valence-electron chi connectivity index (χ0n) is 27.9. The van der Waals surface area contributed by atoms with Crippen LogP contribution in [-0.2, 0) is 29.2 Å². The van der Waals surface area contributed by atoms with E-state index in [0.717, 1.165) is 32.7 Å². The number of ether oxygens (including phenoxy) is 2. The molecule has 0 saturated carbocycles. The standard InChI is InChI=1S/C36H24O10S2.Br2.K.Na/c1-43-27-15-25-17-7-3-5-9-21(17)35(45-47(37,38)39)23-13-11-19-20-12-14-24-30-26(18-8-4-6-10-22(18)36(24)46-48(40,41)42)16-28(44-2)34(32(20)30)33(27)31(19)29(23)25;1-2;;/h3-16,35-36H,1-2H3,(H,37,38,39)(H,40,41,42);;;/q;;2*+1/p-2. The van der Waals surface area contributed by atoms with E-state index in [1.807, 2.05) is 48.5 Å². The summed E-state index contributed by atoms with van der Waals surface area (Å²) in [4.78, 5) is 0. The van der Waals surface area contributed by atoms with Gasteiger partial charge in [0.1, 0.15) is 23.7 Å². The van der Waals surface area contributed by atoms with Gasteiger partial charge in [-0.1, -0.05) is 72.8 Å². The summed E-state index contributed by atoms with van der Waals surface area (Å²) in [7, 11) is -7.08. The molecule has 2 unspecified atom stereocenters. The molecule has 10 nitrogen and oxygen atoms in total. The Kier molecular flexibility index (Phi) is 11.7. The van der Waals surface area contributed by atoms with Gasteiger partial charge in [0.25, 0.3) is 0 Å². The van der Waals surface area contributed by atoms with Crippen molar-refractivity contribution in [2.45, 2.75) is 12.2 Å². The van der Waals surface area contributed by atoms with E-state index in [2.05, 4.69) is 28.3 Å². The van der Waals surface area contributed by atoms with Crippen molar-refractivity contribution in [2.75, 3.05) is 14.2 Å². The third kappa shape index (κ3) is 6.32. The molecule has 0 bridgehead atoms. The van der Waals surface area contributed by atoms with Gasteiger partial charge in [0, 0.05) is 49.8 Å².